The Bertz CT molecular complexity index is 1220. The van der Waals surface area contributed by atoms with Crippen molar-refractivity contribution in [1.29, 1.82) is 0 Å². The van der Waals surface area contributed by atoms with Crippen molar-refractivity contribution in [1.82, 2.24) is 25.8 Å². The summed E-state index contributed by atoms with van der Waals surface area (Å²) in [5.74, 6) is -0.0662. The maximum Gasteiger partial charge on any atom is 0.307 e. The van der Waals surface area contributed by atoms with E-state index in [0.29, 0.717) is 0 Å². The molecule has 5 N–H and O–H groups in total. The average Bonchev–Trinajstić information content (AvgIpc) is 3.37. The molecule has 0 unspecified atom stereocenters. The number of piperidine rings is 1. The molecule has 1 aliphatic rings. The van der Waals surface area contributed by atoms with E-state index >= 15 is 0 Å². The molecule has 0 aliphatic carbocycles. The number of carbonyl (C=O) groups is 1. The Morgan fingerprint density at radius 2 is 1.90 bits per heavy atom. The highest BCUT2D eigenvalue weighted by molar-refractivity contribution is 5.96. The van der Waals surface area contributed by atoms with Gasteiger partial charge in [0.15, 0.2) is 0 Å². The summed E-state index contributed by atoms with van der Waals surface area (Å²) < 4.78 is 0. The van der Waals surface area contributed by atoms with Crippen molar-refractivity contribution in [3.63, 3.8) is 0 Å². The summed E-state index contributed by atoms with van der Waals surface area (Å²) in [4.78, 5) is 14.4. The Hall–Kier alpha value is -3.16. The summed E-state index contributed by atoms with van der Waals surface area (Å²) in [7, 11) is 0. The van der Waals surface area contributed by atoms with Crippen LogP contribution in [-0.4, -0.2) is 45.9 Å². The van der Waals surface area contributed by atoms with Crippen LogP contribution in [0, 0.1) is 5.92 Å². The molecule has 0 bridgehead atoms. The molecule has 0 spiro atoms. The van der Waals surface area contributed by atoms with E-state index in [9.17, 15) is 4.79 Å². The number of H-pyrrole nitrogens is 2. The number of nitrogens with zero attached hydrogens (tertiary/aromatic N) is 1. The molecular weight excluding hydrogens is 390 g/mol. The molecule has 4 aromatic rings. The van der Waals surface area contributed by atoms with Crippen molar-refractivity contribution in [3.8, 4) is 11.4 Å². The van der Waals surface area contributed by atoms with Crippen molar-refractivity contribution in [2.24, 2.45) is 5.92 Å². The van der Waals surface area contributed by atoms with Crippen LogP contribution >= 0.6 is 0 Å². The molecule has 7 heteroatoms. The highest BCUT2D eigenvalue weighted by Gasteiger charge is 2.14. The van der Waals surface area contributed by atoms with Crippen LogP contribution in [0.15, 0.2) is 42.5 Å². The lowest BCUT2D eigenvalue weighted by atomic mass is 9.98. The third-order valence-electron chi connectivity index (χ3n) is 6.14. The molecule has 1 fully saturated rings. The molecule has 160 valence electrons. The zero-order valence-electron chi connectivity index (χ0n) is 17.4. The van der Waals surface area contributed by atoms with Gasteiger partial charge in [-0.25, -0.2) is 0 Å². The largest absolute Gasteiger partial charge is 0.481 e. The van der Waals surface area contributed by atoms with Gasteiger partial charge in [0.25, 0.3) is 0 Å². The van der Waals surface area contributed by atoms with Gasteiger partial charge in [-0.15, -0.1) is 0 Å². The molecule has 0 amide bonds. The number of carboxylic acids is 1. The number of hydrogen-bond donors (Lipinski definition) is 5. The highest BCUT2D eigenvalue weighted by atomic mass is 16.4. The van der Waals surface area contributed by atoms with E-state index in [4.69, 9.17) is 5.11 Å². The van der Waals surface area contributed by atoms with Gasteiger partial charge in [-0.3, -0.25) is 9.89 Å². The second-order valence-corrected chi connectivity index (χ2v) is 8.45. The number of hydrogen-bond acceptors (Lipinski definition) is 4. The number of carboxylic acid groups (broad SMARTS) is 1. The second-order valence-electron chi connectivity index (χ2n) is 8.45. The molecule has 1 saturated heterocycles. The van der Waals surface area contributed by atoms with Gasteiger partial charge in [0.05, 0.1) is 17.6 Å². The molecule has 0 saturated carbocycles. The van der Waals surface area contributed by atoms with Crippen LogP contribution < -0.4 is 10.6 Å². The SMILES string of the molecule is O=C(O)Cc1ccc2c(-c3cc4cc(CNCC5CCNCC5)ccc4[nH]3)n[nH]c2c1. The van der Waals surface area contributed by atoms with E-state index in [1.54, 1.807) is 0 Å². The number of fused-ring (bicyclic) bond motifs is 2. The van der Waals surface area contributed by atoms with Crippen LogP contribution in [0.4, 0.5) is 0 Å². The van der Waals surface area contributed by atoms with Crippen LogP contribution in [0.2, 0.25) is 0 Å². The Morgan fingerprint density at radius 3 is 2.74 bits per heavy atom. The van der Waals surface area contributed by atoms with Gasteiger partial charge in [0.1, 0.15) is 5.69 Å². The average molecular weight is 418 g/mol. The molecule has 0 radical (unpaired) electrons. The number of aliphatic carboxylic acids is 1. The predicted octanol–water partition coefficient (Wildman–Crippen LogP) is 3.43. The van der Waals surface area contributed by atoms with E-state index in [0.717, 1.165) is 70.9 Å². The molecule has 1 aliphatic heterocycles. The second kappa shape index (κ2) is 8.53. The van der Waals surface area contributed by atoms with Gasteiger partial charge in [0.2, 0.25) is 0 Å². The van der Waals surface area contributed by atoms with Gasteiger partial charge in [0, 0.05) is 22.8 Å². The zero-order valence-corrected chi connectivity index (χ0v) is 17.4. The first kappa shape index (κ1) is 19.8. The Balaban J connectivity index is 1.33. The quantitative estimate of drug-likeness (QED) is 0.317. The third kappa shape index (κ3) is 4.33. The summed E-state index contributed by atoms with van der Waals surface area (Å²) in [6.07, 6.45) is 2.51. The van der Waals surface area contributed by atoms with Gasteiger partial charge in [-0.05, 0) is 73.8 Å². The van der Waals surface area contributed by atoms with Crippen LogP contribution in [0.5, 0.6) is 0 Å². The zero-order chi connectivity index (χ0) is 21.2. The number of aromatic amines is 2. The third-order valence-corrected chi connectivity index (χ3v) is 6.14. The maximum absolute atomic E-state index is 11.0. The van der Waals surface area contributed by atoms with E-state index < -0.39 is 5.97 Å². The van der Waals surface area contributed by atoms with E-state index in [-0.39, 0.29) is 6.42 Å². The Kier molecular flexibility index (Phi) is 5.44. The lowest BCUT2D eigenvalue weighted by Gasteiger charge is -2.22. The van der Waals surface area contributed by atoms with Crippen molar-refractivity contribution in [2.75, 3.05) is 19.6 Å². The lowest BCUT2D eigenvalue weighted by molar-refractivity contribution is -0.136. The predicted molar refractivity (Wildman–Crippen MR) is 122 cm³/mol. The molecular formula is C24H27N5O2. The summed E-state index contributed by atoms with van der Waals surface area (Å²) in [5.41, 5.74) is 5.75. The van der Waals surface area contributed by atoms with Crippen molar-refractivity contribution in [3.05, 3.63) is 53.6 Å². The first-order valence-electron chi connectivity index (χ1n) is 10.9. The normalized spacial score (nSPS) is 15.1. The Labute approximate surface area is 180 Å². The monoisotopic (exact) mass is 417 g/mol. The minimum atomic E-state index is -0.837. The van der Waals surface area contributed by atoms with E-state index in [1.807, 2.05) is 18.2 Å². The fourth-order valence-electron chi connectivity index (χ4n) is 4.48. The fraction of sp³-hybridized carbons (Fsp3) is 0.333. The van der Waals surface area contributed by atoms with Crippen molar-refractivity contribution in [2.45, 2.75) is 25.8 Å². The first-order valence-corrected chi connectivity index (χ1v) is 10.9. The fourth-order valence-corrected chi connectivity index (χ4v) is 4.48. The van der Waals surface area contributed by atoms with Gasteiger partial charge < -0.3 is 20.7 Å². The number of aromatic nitrogens is 3. The van der Waals surface area contributed by atoms with Crippen LogP contribution in [0.25, 0.3) is 33.2 Å². The Morgan fingerprint density at radius 1 is 1.06 bits per heavy atom. The molecule has 3 heterocycles. The van der Waals surface area contributed by atoms with Crippen LogP contribution in [-0.2, 0) is 17.8 Å². The number of rotatable bonds is 7. The number of benzene rings is 2. The molecule has 2 aromatic carbocycles. The highest BCUT2D eigenvalue weighted by Crippen LogP contribution is 2.29. The molecule has 7 nitrogen and oxygen atoms in total. The first-order chi connectivity index (χ1) is 15.2. The molecule has 2 aromatic heterocycles. The summed E-state index contributed by atoms with van der Waals surface area (Å²) >= 11 is 0. The summed E-state index contributed by atoms with van der Waals surface area (Å²) in [6.45, 7) is 4.21. The molecule has 0 atom stereocenters. The van der Waals surface area contributed by atoms with Gasteiger partial charge >= 0.3 is 5.97 Å². The topological polar surface area (TPSA) is 106 Å². The number of nitrogens with one attached hydrogen (secondary N) is 4. The van der Waals surface area contributed by atoms with Gasteiger partial charge in [-0.1, -0.05) is 18.2 Å². The molecule has 31 heavy (non-hydrogen) atoms. The lowest BCUT2D eigenvalue weighted by Crippen LogP contribution is -2.33. The minimum Gasteiger partial charge on any atom is -0.481 e. The molecule has 5 rings (SSSR count). The van der Waals surface area contributed by atoms with Crippen molar-refractivity contribution >= 4 is 27.8 Å². The van der Waals surface area contributed by atoms with Crippen LogP contribution in [0.3, 0.4) is 0 Å². The summed E-state index contributed by atoms with van der Waals surface area (Å²) in [6, 6.07) is 14.3. The van der Waals surface area contributed by atoms with Gasteiger partial charge in [-0.2, -0.15) is 5.10 Å². The smallest absolute Gasteiger partial charge is 0.307 e. The minimum absolute atomic E-state index is 0.00509. The van der Waals surface area contributed by atoms with E-state index in [1.165, 1.54) is 18.4 Å². The van der Waals surface area contributed by atoms with Crippen LogP contribution in [0.1, 0.15) is 24.0 Å². The maximum atomic E-state index is 11.0. The van der Waals surface area contributed by atoms with Crippen molar-refractivity contribution < 1.29 is 9.90 Å². The van der Waals surface area contributed by atoms with E-state index in [2.05, 4.69) is 50.1 Å². The standard InChI is InChI=1S/C24H27N5O2/c30-23(31)11-16-1-3-19-21(10-16)28-29-24(19)22-12-18-9-17(2-4-20(18)27-22)14-26-13-15-5-7-25-8-6-15/h1-4,9-10,12,15,25-27H,5-8,11,13-14H2,(H,28,29)(H,30,31). The summed E-state index contributed by atoms with van der Waals surface area (Å²) in [5, 5.41) is 25.7.